The third-order valence-corrected chi connectivity index (χ3v) is 1.64. The Morgan fingerprint density at radius 1 is 1.44 bits per heavy atom. The minimum atomic E-state index is -1.21. The van der Waals surface area contributed by atoms with E-state index in [2.05, 4.69) is 15.6 Å². The van der Waals surface area contributed by atoms with Crippen LogP contribution in [-0.2, 0) is 0 Å². The molecule has 0 aliphatic rings. The van der Waals surface area contributed by atoms with Crippen LogP contribution in [0.2, 0.25) is 0 Å². The fourth-order valence-corrected chi connectivity index (χ4v) is 1.02. The van der Waals surface area contributed by atoms with Gasteiger partial charge >= 0.3 is 6.09 Å². The number of carboxylic acid groups (broad SMARTS) is 1. The van der Waals surface area contributed by atoms with Gasteiger partial charge in [0, 0.05) is 18.4 Å². The zero-order valence-electron chi connectivity index (χ0n) is 8.30. The Balaban J connectivity index is 2.73. The third-order valence-electron chi connectivity index (χ3n) is 1.64. The van der Waals surface area contributed by atoms with E-state index in [1.54, 1.807) is 0 Å². The standard InChI is InChI=1S/C9H11N3O4/c13-4-3-11-8(14)7-5-6(1-2-10-7)12-9(15)16/h1-2,5,13H,3-4H2,(H,10,12)(H,11,14)(H,15,16). The molecule has 0 bridgehead atoms. The molecule has 1 aromatic rings. The molecule has 1 rings (SSSR count). The van der Waals surface area contributed by atoms with Crippen molar-refractivity contribution >= 4 is 17.7 Å². The Kier molecular flexibility index (Phi) is 4.22. The first-order chi connectivity index (χ1) is 7.63. The van der Waals surface area contributed by atoms with Crippen LogP contribution in [0.3, 0.4) is 0 Å². The molecule has 0 aromatic carbocycles. The molecule has 7 heteroatoms. The highest BCUT2D eigenvalue weighted by atomic mass is 16.4. The summed E-state index contributed by atoms with van der Waals surface area (Å²) in [5, 5.41) is 21.5. The van der Waals surface area contributed by atoms with E-state index in [0.29, 0.717) is 0 Å². The number of aliphatic hydroxyl groups is 1. The van der Waals surface area contributed by atoms with Gasteiger partial charge in [0.1, 0.15) is 5.69 Å². The van der Waals surface area contributed by atoms with Crippen LogP contribution >= 0.6 is 0 Å². The molecular formula is C9H11N3O4. The summed E-state index contributed by atoms with van der Waals surface area (Å²) in [6.07, 6.45) is 0.104. The Hall–Kier alpha value is -2.15. The first-order valence-corrected chi connectivity index (χ1v) is 4.48. The van der Waals surface area contributed by atoms with Crippen LogP contribution in [0.5, 0.6) is 0 Å². The summed E-state index contributed by atoms with van der Waals surface area (Å²) in [7, 11) is 0. The highest BCUT2D eigenvalue weighted by Gasteiger charge is 2.07. The number of hydrogen-bond donors (Lipinski definition) is 4. The van der Waals surface area contributed by atoms with Crippen molar-refractivity contribution in [2.75, 3.05) is 18.5 Å². The average Bonchev–Trinajstić information content (AvgIpc) is 2.25. The molecule has 0 spiro atoms. The van der Waals surface area contributed by atoms with Crippen molar-refractivity contribution in [1.82, 2.24) is 10.3 Å². The third kappa shape index (κ3) is 3.54. The Labute approximate surface area is 91.1 Å². The minimum absolute atomic E-state index is 0.0831. The molecule has 0 saturated heterocycles. The van der Waals surface area contributed by atoms with E-state index in [4.69, 9.17) is 10.2 Å². The van der Waals surface area contributed by atoms with Crippen LogP contribution in [0.15, 0.2) is 18.3 Å². The van der Waals surface area contributed by atoms with Gasteiger partial charge < -0.3 is 15.5 Å². The lowest BCUT2D eigenvalue weighted by Crippen LogP contribution is -2.27. The van der Waals surface area contributed by atoms with E-state index in [1.165, 1.54) is 18.3 Å². The summed E-state index contributed by atoms with van der Waals surface area (Å²) < 4.78 is 0. The van der Waals surface area contributed by atoms with Gasteiger partial charge in [-0.15, -0.1) is 0 Å². The van der Waals surface area contributed by atoms with Crippen molar-refractivity contribution in [2.45, 2.75) is 0 Å². The number of carbonyl (C=O) groups excluding carboxylic acids is 1. The fourth-order valence-electron chi connectivity index (χ4n) is 1.02. The molecule has 0 atom stereocenters. The zero-order valence-corrected chi connectivity index (χ0v) is 8.30. The summed E-state index contributed by atoms with van der Waals surface area (Å²) in [5.41, 5.74) is 0.344. The molecule has 1 heterocycles. The van der Waals surface area contributed by atoms with Crippen LogP contribution in [0.25, 0.3) is 0 Å². The van der Waals surface area contributed by atoms with Crippen molar-refractivity contribution in [3.05, 3.63) is 24.0 Å². The second-order valence-electron chi connectivity index (χ2n) is 2.84. The highest BCUT2D eigenvalue weighted by molar-refractivity contribution is 5.94. The molecule has 0 fully saturated rings. The Morgan fingerprint density at radius 3 is 2.81 bits per heavy atom. The van der Waals surface area contributed by atoms with E-state index >= 15 is 0 Å². The van der Waals surface area contributed by atoms with Crippen molar-refractivity contribution in [3.63, 3.8) is 0 Å². The van der Waals surface area contributed by atoms with Gasteiger partial charge in [0.05, 0.1) is 6.61 Å². The highest BCUT2D eigenvalue weighted by Crippen LogP contribution is 2.07. The first kappa shape index (κ1) is 11.9. The predicted molar refractivity (Wildman–Crippen MR) is 55.3 cm³/mol. The average molecular weight is 225 g/mol. The van der Waals surface area contributed by atoms with Gasteiger partial charge in [-0.3, -0.25) is 15.1 Å². The number of amides is 2. The maximum absolute atomic E-state index is 11.4. The van der Waals surface area contributed by atoms with Gasteiger partial charge in [-0.05, 0) is 12.1 Å². The van der Waals surface area contributed by atoms with Gasteiger partial charge in [-0.2, -0.15) is 0 Å². The molecule has 4 N–H and O–H groups in total. The normalized spacial score (nSPS) is 9.56. The topological polar surface area (TPSA) is 112 Å². The quantitative estimate of drug-likeness (QED) is 0.571. The SMILES string of the molecule is O=C(O)Nc1ccnc(C(=O)NCCO)c1. The zero-order chi connectivity index (χ0) is 12.0. The summed E-state index contributed by atoms with van der Waals surface area (Å²) in [5.74, 6) is -0.469. The van der Waals surface area contributed by atoms with Gasteiger partial charge in [-0.25, -0.2) is 4.79 Å². The van der Waals surface area contributed by atoms with Gasteiger partial charge in [0.2, 0.25) is 0 Å². The molecular weight excluding hydrogens is 214 g/mol. The van der Waals surface area contributed by atoms with Crippen molar-refractivity contribution in [1.29, 1.82) is 0 Å². The lowest BCUT2D eigenvalue weighted by Gasteiger charge is -2.04. The fraction of sp³-hybridized carbons (Fsp3) is 0.222. The van der Waals surface area contributed by atoms with E-state index in [0.717, 1.165) is 0 Å². The van der Waals surface area contributed by atoms with Crippen LogP contribution < -0.4 is 10.6 Å². The number of rotatable bonds is 4. The van der Waals surface area contributed by atoms with Crippen LogP contribution in [0, 0.1) is 0 Å². The summed E-state index contributed by atoms with van der Waals surface area (Å²) >= 11 is 0. The molecule has 0 aliphatic heterocycles. The predicted octanol–water partition coefficient (Wildman–Crippen LogP) is -0.106. The number of anilines is 1. The number of aliphatic hydroxyl groups excluding tert-OH is 1. The number of hydrogen-bond acceptors (Lipinski definition) is 4. The molecule has 86 valence electrons. The van der Waals surface area contributed by atoms with Gasteiger partial charge in [-0.1, -0.05) is 0 Å². The smallest absolute Gasteiger partial charge is 0.409 e. The van der Waals surface area contributed by atoms with E-state index in [-0.39, 0.29) is 24.5 Å². The summed E-state index contributed by atoms with van der Waals surface area (Å²) in [6.45, 7) is -0.0457. The second kappa shape index (κ2) is 5.66. The maximum Gasteiger partial charge on any atom is 0.409 e. The summed E-state index contributed by atoms with van der Waals surface area (Å²) in [4.78, 5) is 25.5. The van der Waals surface area contributed by atoms with Crippen molar-refractivity contribution in [2.24, 2.45) is 0 Å². The van der Waals surface area contributed by atoms with Crippen LogP contribution in [0.4, 0.5) is 10.5 Å². The number of nitrogens with zero attached hydrogens (tertiary/aromatic N) is 1. The van der Waals surface area contributed by atoms with E-state index in [1.807, 2.05) is 0 Å². The Morgan fingerprint density at radius 2 is 2.19 bits per heavy atom. The van der Waals surface area contributed by atoms with Crippen LogP contribution in [0.1, 0.15) is 10.5 Å². The number of nitrogens with one attached hydrogen (secondary N) is 2. The number of pyridine rings is 1. The molecule has 0 saturated carbocycles. The molecule has 0 unspecified atom stereocenters. The second-order valence-corrected chi connectivity index (χ2v) is 2.84. The largest absolute Gasteiger partial charge is 0.465 e. The lowest BCUT2D eigenvalue weighted by atomic mass is 10.3. The van der Waals surface area contributed by atoms with Crippen molar-refractivity contribution in [3.8, 4) is 0 Å². The molecule has 7 nitrogen and oxygen atoms in total. The van der Waals surface area contributed by atoms with E-state index < -0.39 is 12.0 Å². The Bertz CT molecular complexity index is 394. The monoisotopic (exact) mass is 225 g/mol. The minimum Gasteiger partial charge on any atom is -0.465 e. The van der Waals surface area contributed by atoms with Crippen LogP contribution in [-0.4, -0.2) is 40.3 Å². The molecule has 0 aliphatic carbocycles. The van der Waals surface area contributed by atoms with Gasteiger partial charge in [0.25, 0.3) is 5.91 Å². The molecule has 2 amide bonds. The lowest BCUT2D eigenvalue weighted by molar-refractivity contribution is 0.0939. The molecule has 1 aromatic heterocycles. The van der Waals surface area contributed by atoms with Crippen molar-refractivity contribution < 1.29 is 19.8 Å². The molecule has 16 heavy (non-hydrogen) atoms. The maximum atomic E-state index is 11.4. The first-order valence-electron chi connectivity index (χ1n) is 4.48. The number of carbonyl (C=O) groups is 2. The molecule has 0 radical (unpaired) electrons. The van der Waals surface area contributed by atoms with Gasteiger partial charge in [0.15, 0.2) is 0 Å². The number of aromatic nitrogens is 1. The summed E-state index contributed by atoms with van der Waals surface area (Å²) in [6, 6.07) is 2.73. The van der Waals surface area contributed by atoms with E-state index in [9.17, 15) is 9.59 Å².